The maximum atomic E-state index is 12.9. The molecule has 0 aromatic heterocycles. The van der Waals surface area contributed by atoms with E-state index in [1.807, 2.05) is 0 Å². The normalized spacial score (nSPS) is 17.2. The second-order valence-electron chi connectivity index (χ2n) is 7.09. The van der Waals surface area contributed by atoms with E-state index < -0.39 is 0 Å². The summed E-state index contributed by atoms with van der Waals surface area (Å²) in [6.07, 6.45) is 12.3. The van der Waals surface area contributed by atoms with Gasteiger partial charge in [0.05, 0.1) is 0 Å². The molecule has 0 saturated heterocycles. The van der Waals surface area contributed by atoms with Crippen molar-refractivity contribution in [2.24, 2.45) is 5.41 Å². The van der Waals surface area contributed by atoms with Gasteiger partial charge >= 0.3 is 0 Å². The van der Waals surface area contributed by atoms with Gasteiger partial charge in [0.15, 0.2) is 0 Å². The van der Waals surface area contributed by atoms with E-state index >= 15 is 0 Å². The summed E-state index contributed by atoms with van der Waals surface area (Å²) in [6.45, 7) is 9.57. The second-order valence-corrected chi connectivity index (χ2v) is 7.09. The topological polar surface area (TPSA) is 20.3 Å². The van der Waals surface area contributed by atoms with Gasteiger partial charge in [0.2, 0.25) is 5.91 Å². The second kappa shape index (κ2) is 8.69. The number of hydrogen-bond acceptors (Lipinski definition) is 1. The highest BCUT2D eigenvalue weighted by Crippen LogP contribution is 2.29. The molecule has 20 heavy (non-hydrogen) atoms. The molecule has 0 heterocycles. The van der Waals surface area contributed by atoms with Crippen LogP contribution in [-0.4, -0.2) is 23.4 Å². The Bertz CT molecular complexity index is 279. The largest absolute Gasteiger partial charge is 0.339 e. The molecule has 1 rings (SSSR count). The van der Waals surface area contributed by atoms with Crippen LogP contribution in [0.2, 0.25) is 0 Å². The fourth-order valence-electron chi connectivity index (χ4n) is 3.09. The van der Waals surface area contributed by atoms with E-state index in [9.17, 15) is 4.79 Å². The van der Waals surface area contributed by atoms with Crippen LogP contribution < -0.4 is 0 Å². The van der Waals surface area contributed by atoms with Gasteiger partial charge in [0, 0.05) is 18.0 Å². The molecular weight excluding hydrogens is 246 g/mol. The van der Waals surface area contributed by atoms with Crippen LogP contribution in [0.15, 0.2) is 0 Å². The van der Waals surface area contributed by atoms with Crippen molar-refractivity contribution >= 4 is 5.91 Å². The molecule has 0 unspecified atom stereocenters. The van der Waals surface area contributed by atoms with Crippen LogP contribution in [-0.2, 0) is 4.79 Å². The highest BCUT2D eigenvalue weighted by Gasteiger charge is 2.34. The Balaban J connectivity index is 2.64. The lowest BCUT2D eigenvalue weighted by atomic mass is 9.86. The Labute approximate surface area is 126 Å². The van der Waals surface area contributed by atoms with E-state index in [1.165, 1.54) is 57.8 Å². The minimum atomic E-state index is -0.192. The molecule has 0 radical (unpaired) electrons. The van der Waals surface area contributed by atoms with Crippen molar-refractivity contribution in [3.8, 4) is 0 Å². The van der Waals surface area contributed by atoms with Crippen molar-refractivity contribution in [1.29, 1.82) is 0 Å². The molecular formula is C18H35NO. The molecule has 1 fully saturated rings. The first-order valence-corrected chi connectivity index (χ1v) is 8.84. The third kappa shape index (κ3) is 5.10. The average Bonchev–Trinajstić information content (AvgIpc) is 2.47. The van der Waals surface area contributed by atoms with E-state index in [0.717, 1.165) is 13.0 Å². The van der Waals surface area contributed by atoms with Gasteiger partial charge in [0.1, 0.15) is 0 Å². The van der Waals surface area contributed by atoms with Crippen LogP contribution in [0.4, 0.5) is 0 Å². The van der Waals surface area contributed by atoms with Crippen molar-refractivity contribution in [1.82, 2.24) is 4.90 Å². The molecule has 0 aromatic rings. The molecule has 0 aromatic carbocycles. The molecule has 0 aliphatic heterocycles. The van der Waals surface area contributed by atoms with Gasteiger partial charge in [0.25, 0.3) is 0 Å². The van der Waals surface area contributed by atoms with Crippen molar-refractivity contribution in [3.05, 3.63) is 0 Å². The summed E-state index contributed by atoms with van der Waals surface area (Å²) in [7, 11) is 0. The lowest BCUT2D eigenvalue weighted by molar-refractivity contribution is -0.143. The van der Waals surface area contributed by atoms with Gasteiger partial charge in [-0.05, 0) is 25.7 Å². The van der Waals surface area contributed by atoms with Crippen molar-refractivity contribution in [2.75, 3.05) is 6.54 Å². The predicted octanol–water partition coefficient (Wildman–Crippen LogP) is 5.16. The third-order valence-corrected chi connectivity index (χ3v) is 4.99. The number of unbranched alkanes of at least 4 members (excludes halogenated alkanes) is 3. The van der Waals surface area contributed by atoms with E-state index in [2.05, 4.69) is 32.6 Å². The molecule has 0 bridgehead atoms. The van der Waals surface area contributed by atoms with Crippen molar-refractivity contribution in [2.45, 2.75) is 97.9 Å². The zero-order valence-electron chi connectivity index (χ0n) is 14.2. The summed E-state index contributed by atoms with van der Waals surface area (Å²) >= 11 is 0. The first-order valence-electron chi connectivity index (χ1n) is 8.84. The summed E-state index contributed by atoms with van der Waals surface area (Å²) in [6, 6.07) is 0.517. The van der Waals surface area contributed by atoms with Crippen LogP contribution in [0.25, 0.3) is 0 Å². The first kappa shape index (κ1) is 17.5. The monoisotopic (exact) mass is 281 g/mol. The maximum absolute atomic E-state index is 12.9. The van der Waals surface area contributed by atoms with E-state index in [1.54, 1.807) is 0 Å². The van der Waals surface area contributed by atoms with Crippen LogP contribution >= 0.6 is 0 Å². The van der Waals surface area contributed by atoms with Crippen LogP contribution in [0, 0.1) is 5.41 Å². The molecule has 0 N–H and O–H groups in total. The van der Waals surface area contributed by atoms with Crippen LogP contribution in [0.1, 0.15) is 91.9 Å². The number of carbonyl (C=O) groups is 1. The van der Waals surface area contributed by atoms with Gasteiger partial charge in [-0.1, -0.05) is 66.2 Å². The maximum Gasteiger partial charge on any atom is 0.228 e. The number of carbonyl (C=O) groups excluding carboxylic acids is 1. The van der Waals surface area contributed by atoms with E-state index in [0.29, 0.717) is 11.9 Å². The smallest absolute Gasteiger partial charge is 0.228 e. The molecule has 2 nitrogen and oxygen atoms in total. The van der Waals surface area contributed by atoms with Crippen molar-refractivity contribution < 1.29 is 4.79 Å². The number of nitrogens with zero attached hydrogens (tertiary/aromatic N) is 1. The lowest BCUT2D eigenvalue weighted by Gasteiger charge is -2.39. The summed E-state index contributed by atoms with van der Waals surface area (Å²) in [5.41, 5.74) is -0.192. The van der Waals surface area contributed by atoms with Gasteiger partial charge in [-0.15, -0.1) is 0 Å². The molecule has 0 spiro atoms. The Hall–Kier alpha value is -0.530. The summed E-state index contributed by atoms with van der Waals surface area (Å²) in [4.78, 5) is 15.1. The number of rotatable bonds is 8. The van der Waals surface area contributed by atoms with Crippen molar-refractivity contribution in [3.63, 3.8) is 0 Å². The third-order valence-electron chi connectivity index (χ3n) is 4.99. The van der Waals surface area contributed by atoms with Crippen LogP contribution in [0.5, 0.6) is 0 Å². The van der Waals surface area contributed by atoms with Gasteiger partial charge in [-0.3, -0.25) is 4.79 Å². The summed E-state index contributed by atoms with van der Waals surface area (Å²) in [5, 5.41) is 0. The Kier molecular flexibility index (Phi) is 7.61. The zero-order valence-corrected chi connectivity index (χ0v) is 14.2. The van der Waals surface area contributed by atoms with Crippen LogP contribution in [0.3, 0.4) is 0 Å². The minimum absolute atomic E-state index is 0.192. The molecule has 0 atom stereocenters. The predicted molar refractivity (Wildman–Crippen MR) is 86.8 cm³/mol. The molecule has 2 heteroatoms. The summed E-state index contributed by atoms with van der Waals surface area (Å²) < 4.78 is 0. The van der Waals surface area contributed by atoms with Gasteiger partial charge < -0.3 is 4.90 Å². The molecule has 118 valence electrons. The molecule has 1 amide bonds. The summed E-state index contributed by atoms with van der Waals surface area (Å²) in [5.74, 6) is 0.392. The zero-order chi connectivity index (χ0) is 15.0. The number of hydrogen-bond donors (Lipinski definition) is 0. The quantitative estimate of drug-likeness (QED) is 0.562. The standard InChI is InChI=1S/C18H35NO/c1-5-7-8-12-15-19(16-13-10-9-11-14-16)17(20)18(3,4)6-2/h16H,5-15H2,1-4H3. The Morgan fingerprint density at radius 3 is 2.25 bits per heavy atom. The fourth-order valence-corrected chi connectivity index (χ4v) is 3.09. The highest BCUT2D eigenvalue weighted by molar-refractivity contribution is 5.82. The molecule has 1 aliphatic rings. The molecule has 1 saturated carbocycles. The van der Waals surface area contributed by atoms with E-state index in [4.69, 9.17) is 0 Å². The van der Waals surface area contributed by atoms with E-state index in [-0.39, 0.29) is 5.41 Å². The number of amides is 1. The highest BCUT2D eigenvalue weighted by atomic mass is 16.2. The fraction of sp³-hybridized carbons (Fsp3) is 0.944. The lowest BCUT2D eigenvalue weighted by Crippen LogP contribution is -2.47. The minimum Gasteiger partial charge on any atom is -0.339 e. The average molecular weight is 281 g/mol. The Morgan fingerprint density at radius 2 is 1.70 bits per heavy atom. The van der Waals surface area contributed by atoms with Gasteiger partial charge in [-0.2, -0.15) is 0 Å². The SMILES string of the molecule is CCCCCCN(C(=O)C(C)(C)CC)C1CCCCC1. The molecule has 1 aliphatic carbocycles. The first-order chi connectivity index (χ1) is 9.53. The Morgan fingerprint density at radius 1 is 1.05 bits per heavy atom. The van der Waals surface area contributed by atoms with Gasteiger partial charge in [-0.25, -0.2) is 0 Å².